The Kier molecular flexibility index (Phi) is 24.6. The third kappa shape index (κ3) is 28.6. The molecule has 0 spiro atoms. The van der Waals surface area contributed by atoms with Crippen LogP contribution in [0.5, 0.6) is 0 Å². The Morgan fingerprint density at radius 2 is 1.26 bits per heavy atom. The van der Waals surface area contributed by atoms with Crippen LogP contribution in [0, 0.1) is 0 Å². The molecule has 10 heteroatoms. The van der Waals surface area contributed by atoms with Gasteiger partial charge in [-0.3, -0.25) is 4.57 Å². The van der Waals surface area contributed by atoms with Gasteiger partial charge in [0.25, 0.3) is 7.82 Å². The van der Waals surface area contributed by atoms with Gasteiger partial charge < -0.3 is 33.2 Å². The number of hydrogen-bond donors (Lipinski definition) is 1. The Morgan fingerprint density at radius 3 is 1.72 bits per heavy atom. The first-order valence-electron chi connectivity index (χ1n) is 15.5. The number of nitrogens with zero attached hydrogens (tertiary/aromatic N) is 1. The third-order valence-corrected chi connectivity index (χ3v) is 7.50. The summed E-state index contributed by atoms with van der Waals surface area (Å²) < 4.78 is 33.0. The number of likely N-dealkylation sites (N-methyl/N-ethyl adjacent to an activating group) is 1. The highest BCUT2D eigenvalue weighted by atomic mass is 31.2. The van der Waals surface area contributed by atoms with Crippen molar-refractivity contribution in [2.45, 2.75) is 123 Å². The predicted molar refractivity (Wildman–Crippen MR) is 157 cm³/mol. The summed E-state index contributed by atoms with van der Waals surface area (Å²) >= 11 is 0. The fourth-order valence-corrected chi connectivity index (χ4v) is 4.83. The van der Waals surface area contributed by atoms with Gasteiger partial charge in [0.05, 0.1) is 27.7 Å². The summed E-state index contributed by atoms with van der Waals surface area (Å²) in [5.74, 6) is 0. The average Bonchev–Trinajstić information content (AvgIpc) is 2.86. The van der Waals surface area contributed by atoms with Crippen LogP contribution in [-0.2, 0) is 23.1 Å². The number of phosphoric ester groups is 1. The zero-order chi connectivity index (χ0) is 29.2. The second-order valence-corrected chi connectivity index (χ2v) is 12.9. The van der Waals surface area contributed by atoms with Gasteiger partial charge in [-0.25, -0.2) is 4.79 Å². The molecule has 0 rings (SSSR count). The molecule has 2 atom stereocenters. The molecule has 1 amide bonds. The monoisotopic (exact) mass is 580 g/mol. The second kappa shape index (κ2) is 25.0. The van der Waals surface area contributed by atoms with Gasteiger partial charge in [-0.1, -0.05) is 103 Å². The number of unbranched alkanes of at least 4 members (excludes halogenated alkanes) is 15. The molecular weight excluding hydrogens is 519 g/mol. The molecule has 0 aromatic carbocycles. The summed E-state index contributed by atoms with van der Waals surface area (Å²) in [5, 5.41) is 2.74. The molecule has 0 saturated carbocycles. The van der Waals surface area contributed by atoms with Crippen molar-refractivity contribution in [1.82, 2.24) is 5.32 Å². The number of rotatable bonds is 28. The highest BCUT2D eigenvalue weighted by molar-refractivity contribution is 7.45. The maximum Gasteiger partial charge on any atom is 0.407 e. The summed E-state index contributed by atoms with van der Waals surface area (Å²) in [6.07, 6.45) is 19.7. The second-order valence-electron chi connectivity index (χ2n) is 11.5. The van der Waals surface area contributed by atoms with Gasteiger partial charge in [0.15, 0.2) is 0 Å². The number of alkyl carbamates (subject to hydrolysis) is 1. The van der Waals surface area contributed by atoms with E-state index >= 15 is 0 Å². The Bertz CT molecular complexity index is 617. The molecule has 9 nitrogen and oxygen atoms in total. The summed E-state index contributed by atoms with van der Waals surface area (Å²) in [6.45, 7) is 5.12. The number of nitrogens with one attached hydrogen (secondary N) is 1. The Labute approximate surface area is 239 Å². The lowest BCUT2D eigenvalue weighted by atomic mass is 10.0. The van der Waals surface area contributed by atoms with Crippen LogP contribution in [0.15, 0.2) is 0 Å². The maximum absolute atomic E-state index is 12.0. The van der Waals surface area contributed by atoms with Crippen LogP contribution in [-0.4, -0.2) is 77.3 Å². The number of carbonyl (C=O) groups is 1. The molecule has 0 aromatic heterocycles. The van der Waals surface area contributed by atoms with Crippen LogP contribution in [0.25, 0.3) is 0 Å². The lowest BCUT2D eigenvalue weighted by molar-refractivity contribution is -0.870. The van der Waals surface area contributed by atoms with E-state index in [1.807, 2.05) is 21.1 Å². The van der Waals surface area contributed by atoms with E-state index in [1.54, 1.807) is 6.92 Å². The van der Waals surface area contributed by atoms with E-state index in [2.05, 4.69) is 12.2 Å². The van der Waals surface area contributed by atoms with Gasteiger partial charge in [-0.15, -0.1) is 0 Å². The topological polar surface area (TPSA) is 106 Å². The Morgan fingerprint density at radius 1 is 0.769 bits per heavy atom. The summed E-state index contributed by atoms with van der Waals surface area (Å²) in [5.41, 5.74) is 0. The Balaban J connectivity index is 3.69. The molecule has 2 unspecified atom stereocenters. The molecule has 0 aliphatic heterocycles. The van der Waals surface area contributed by atoms with Gasteiger partial charge in [0.2, 0.25) is 0 Å². The minimum absolute atomic E-state index is 0.0296. The number of quaternary nitrogens is 1. The van der Waals surface area contributed by atoms with Crippen molar-refractivity contribution in [2.24, 2.45) is 0 Å². The average molecular weight is 581 g/mol. The molecule has 0 bridgehead atoms. The molecule has 0 radical (unpaired) electrons. The van der Waals surface area contributed by atoms with Gasteiger partial charge >= 0.3 is 6.09 Å². The van der Waals surface area contributed by atoms with E-state index in [9.17, 15) is 14.3 Å². The zero-order valence-electron chi connectivity index (χ0n) is 25.9. The summed E-state index contributed by atoms with van der Waals surface area (Å²) in [6, 6.07) is 0. The van der Waals surface area contributed by atoms with Crippen molar-refractivity contribution >= 4 is 13.9 Å². The van der Waals surface area contributed by atoms with E-state index in [4.69, 9.17) is 18.5 Å². The minimum atomic E-state index is -4.45. The number of phosphoric acid groups is 1. The molecule has 0 aromatic rings. The van der Waals surface area contributed by atoms with Crippen molar-refractivity contribution in [3.8, 4) is 0 Å². The molecule has 234 valence electrons. The highest BCUT2D eigenvalue weighted by Gasteiger charge is 2.18. The zero-order valence-corrected chi connectivity index (χ0v) is 26.8. The van der Waals surface area contributed by atoms with Gasteiger partial charge in [-0.05, 0) is 13.3 Å². The SMILES string of the molecule is CCCCCCCCCCCCCCCCCCNC(=O)OCC(COP(=O)([O-])OCC[N+](C)(C)C)OCC. The van der Waals surface area contributed by atoms with Crippen molar-refractivity contribution in [3.05, 3.63) is 0 Å². The third-order valence-electron chi connectivity index (χ3n) is 6.53. The van der Waals surface area contributed by atoms with Crippen molar-refractivity contribution in [1.29, 1.82) is 0 Å². The molecule has 39 heavy (non-hydrogen) atoms. The fraction of sp³-hybridized carbons (Fsp3) is 0.966. The molecule has 0 fully saturated rings. The number of ether oxygens (including phenoxy) is 2. The molecular formula is C29H61N2O7P. The van der Waals surface area contributed by atoms with Gasteiger partial charge in [0.1, 0.15) is 25.9 Å². The summed E-state index contributed by atoms with van der Waals surface area (Å²) in [7, 11) is 1.37. The van der Waals surface area contributed by atoms with E-state index in [-0.39, 0.29) is 19.8 Å². The summed E-state index contributed by atoms with van der Waals surface area (Å²) in [4.78, 5) is 23.9. The molecule has 0 aliphatic carbocycles. The lowest BCUT2D eigenvalue weighted by Crippen LogP contribution is -2.37. The van der Waals surface area contributed by atoms with E-state index in [1.165, 1.54) is 89.9 Å². The first-order chi connectivity index (χ1) is 18.6. The van der Waals surface area contributed by atoms with Crippen LogP contribution in [0.3, 0.4) is 0 Å². The minimum Gasteiger partial charge on any atom is -0.756 e. The molecule has 0 saturated heterocycles. The van der Waals surface area contributed by atoms with Crippen molar-refractivity contribution in [2.75, 3.05) is 60.7 Å². The van der Waals surface area contributed by atoms with E-state index in [0.29, 0.717) is 24.2 Å². The normalized spacial score (nSPS) is 14.2. The molecule has 0 heterocycles. The standard InChI is InChI=1S/C29H61N2O7P/c1-6-8-9-10-11-12-13-14-15-16-17-18-19-20-21-22-23-30-29(32)36-26-28(35-7-2)27-38-39(33,34)37-25-24-31(3,4)5/h28H,6-27H2,1-5H3,(H-,30,32,33,34). The molecule has 0 aliphatic rings. The predicted octanol–water partition coefficient (Wildman–Crippen LogP) is 6.59. The van der Waals surface area contributed by atoms with Crippen LogP contribution in [0.1, 0.15) is 117 Å². The van der Waals surface area contributed by atoms with E-state index in [0.717, 1.165) is 12.8 Å². The molecule has 1 N–H and O–H groups in total. The van der Waals surface area contributed by atoms with Crippen LogP contribution < -0.4 is 10.2 Å². The van der Waals surface area contributed by atoms with Gasteiger partial charge in [-0.2, -0.15) is 0 Å². The smallest absolute Gasteiger partial charge is 0.407 e. The number of carbonyl (C=O) groups excluding carboxylic acids is 1. The van der Waals surface area contributed by atoms with Crippen molar-refractivity contribution in [3.63, 3.8) is 0 Å². The Hall–Kier alpha value is -0.700. The maximum atomic E-state index is 12.0. The lowest BCUT2D eigenvalue weighted by Gasteiger charge is -2.28. The first-order valence-corrected chi connectivity index (χ1v) is 17.0. The van der Waals surface area contributed by atoms with Crippen LogP contribution in [0.4, 0.5) is 4.79 Å². The highest BCUT2D eigenvalue weighted by Crippen LogP contribution is 2.38. The van der Waals surface area contributed by atoms with Crippen LogP contribution >= 0.6 is 7.82 Å². The van der Waals surface area contributed by atoms with Crippen LogP contribution in [0.2, 0.25) is 0 Å². The fourth-order valence-electron chi connectivity index (χ4n) is 4.10. The number of amides is 1. The van der Waals surface area contributed by atoms with Crippen molar-refractivity contribution < 1.29 is 37.3 Å². The van der Waals surface area contributed by atoms with Gasteiger partial charge in [0, 0.05) is 13.2 Å². The number of hydrogen-bond acceptors (Lipinski definition) is 7. The first kappa shape index (κ1) is 38.3. The largest absolute Gasteiger partial charge is 0.756 e. The van der Waals surface area contributed by atoms with E-state index < -0.39 is 20.0 Å². The quantitative estimate of drug-likeness (QED) is 0.0632.